The topological polar surface area (TPSA) is 120 Å². The fraction of sp³-hybridized carbons (Fsp3) is 0.261. The molecule has 0 unspecified atom stereocenters. The second-order valence-electron chi connectivity index (χ2n) is 7.62. The minimum Gasteiger partial charge on any atom is -0.494 e. The molecule has 0 aliphatic carbocycles. The Kier molecular flexibility index (Phi) is 6.64. The van der Waals surface area contributed by atoms with Crippen LogP contribution in [0.3, 0.4) is 0 Å². The summed E-state index contributed by atoms with van der Waals surface area (Å²) in [6.07, 6.45) is 0. The molecule has 9 nitrogen and oxygen atoms in total. The normalized spacial score (nSPS) is 17.0. The third kappa shape index (κ3) is 4.43. The highest BCUT2D eigenvalue weighted by Gasteiger charge is 2.29. The minimum atomic E-state index is -1.05. The van der Waals surface area contributed by atoms with Gasteiger partial charge in [-0.05, 0) is 24.3 Å². The van der Waals surface area contributed by atoms with Crippen LogP contribution in [0.15, 0.2) is 52.6 Å². The maximum Gasteiger partial charge on any atom is 0.335 e. The average Bonchev–Trinajstić information content (AvgIpc) is 3.33. The summed E-state index contributed by atoms with van der Waals surface area (Å²) in [7, 11) is 0. The van der Waals surface area contributed by atoms with Gasteiger partial charge in [-0.2, -0.15) is 0 Å². The Labute approximate surface area is 195 Å². The summed E-state index contributed by atoms with van der Waals surface area (Å²) in [5, 5.41) is 25.0. The molecule has 5 rings (SSSR count). The molecule has 0 bridgehead atoms. The number of halogens is 1. The number of fused-ring (bicyclic) bond motifs is 2. The van der Waals surface area contributed by atoms with Crippen LogP contribution in [0.1, 0.15) is 21.5 Å². The van der Waals surface area contributed by atoms with Crippen LogP contribution in [0.2, 0.25) is 0 Å². The summed E-state index contributed by atoms with van der Waals surface area (Å²) >= 11 is 0. The Morgan fingerprint density at radius 3 is 2.79 bits per heavy atom. The number of hydrogen-bond donors (Lipinski definition) is 3. The number of nitrogens with zero attached hydrogens (tertiary/aromatic N) is 3. The van der Waals surface area contributed by atoms with Crippen LogP contribution in [0, 0.1) is 0 Å². The largest absolute Gasteiger partial charge is 0.494 e. The van der Waals surface area contributed by atoms with Crippen LogP contribution in [0.5, 0.6) is 5.88 Å². The fourth-order valence-corrected chi connectivity index (χ4v) is 3.99. The first-order chi connectivity index (χ1) is 15.6. The molecular formula is C23H23ClN4O5. The zero-order valence-corrected chi connectivity index (χ0v) is 18.5. The van der Waals surface area contributed by atoms with Crippen LogP contribution < -0.4 is 0 Å². The lowest BCUT2D eigenvalue weighted by Crippen LogP contribution is -2.38. The molecular weight excluding hydrogens is 448 g/mol. The number of rotatable bonds is 6. The number of H-pyrrole nitrogens is 1. The first kappa shape index (κ1) is 22.8. The van der Waals surface area contributed by atoms with Crippen LogP contribution in [-0.2, 0) is 9.57 Å². The first-order valence-corrected chi connectivity index (χ1v) is 10.4. The molecule has 0 spiro atoms. The van der Waals surface area contributed by atoms with Crippen LogP contribution in [-0.4, -0.2) is 76.9 Å². The van der Waals surface area contributed by atoms with Crippen molar-refractivity contribution in [2.24, 2.45) is 10.1 Å². The van der Waals surface area contributed by atoms with Gasteiger partial charge in [0.15, 0.2) is 5.88 Å². The molecule has 1 saturated heterocycles. The number of aromatic nitrogens is 1. The van der Waals surface area contributed by atoms with E-state index >= 15 is 0 Å². The van der Waals surface area contributed by atoms with Gasteiger partial charge in [-0.25, -0.2) is 9.79 Å². The number of carbonyl (C=O) groups is 1. The smallest absolute Gasteiger partial charge is 0.335 e. The summed E-state index contributed by atoms with van der Waals surface area (Å²) in [4.78, 5) is 27.0. The lowest BCUT2D eigenvalue weighted by Gasteiger charge is -2.25. The number of aromatic amines is 1. The van der Waals surface area contributed by atoms with Gasteiger partial charge < -0.3 is 24.8 Å². The van der Waals surface area contributed by atoms with Gasteiger partial charge in [0, 0.05) is 36.1 Å². The molecule has 3 aromatic rings. The van der Waals surface area contributed by atoms with Gasteiger partial charge in [0.05, 0.1) is 30.0 Å². The first-order valence-electron chi connectivity index (χ1n) is 10.4. The summed E-state index contributed by atoms with van der Waals surface area (Å²) in [6, 6.07) is 12.1. The Balaban J connectivity index is 0.00000259. The maximum atomic E-state index is 11.5. The highest BCUT2D eigenvalue weighted by Crippen LogP contribution is 2.36. The molecule has 2 aliphatic rings. The van der Waals surface area contributed by atoms with E-state index in [1.807, 2.05) is 24.3 Å². The maximum absolute atomic E-state index is 11.5. The third-order valence-corrected chi connectivity index (χ3v) is 5.64. The molecule has 10 heteroatoms. The van der Waals surface area contributed by atoms with E-state index in [-0.39, 0.29) is 23.9 Å². The highest BCUT2D eigenvalue weighted by atomic mass is 35.5. The SMILES string of the molecule is Cl.O=C(O)c1ccc2[nH]c(O)c(C3=Nc4ccccc4/C3=N\OCCN3CCOCC3)c2c1. The molecule has 0 radical (unpaired) electrons. The number of morpholine rings is 1. The number of nitrogens with one attached hydrogen (secondary N) is 1. The quantitative estimate of drug-likeness (QED) is 0.376. The second-order valence-corrected chi connectivity index (χ2v) is 7.62. The van der Waals surface area contributed by atoms with Crippen molar-refractivity contribution in [2.45, 2.75) is 0 Å². The van der Waals surface area contributed by atoms with E-state index in [0.717, 1.165) is 38.4 Å². The lowest BCUT2D eigenvalue weighted by atomic mass is 10.00. The molecule has 2 aromatic carbocycles. The molecule has 172 valence electrons. The number of carboxylic acid groups (broad SMARTS) is 1. The van der Waals surface area contributed by atoms with Crippen molar-refractivity contribution in [3.05, 3.63) is 59.2 Å². The number of oxime groups is 1. The predicted molar refractivity (Wildman–Crippen MR) is 127 cm³/mol. The minimum absolute atomic E-state index is 0. The molecule has 1 fully saturated rings. The summed E-state index contributed by atoms with van der Waals surface area (Å²) in [5.41, 5.74) is 3.55. The number of ether oxygens (including phenoxy) is 1. The molecule has 3 N–H and O–H groups in total. The average molecular weight is 471 g/mol. The Bertz CT molecular complexity index is 1250. The Morgan fingerprint density at radius 1 is 1.21 bits per heavy atom. The summed E-state index contributed by atoms with van der Waals surface area (Å²) < 4.78 is 5.36. The van der Waals surface area contributed by atoms with Crippen molar-refractivity contribution in [2.75, 3.05) is 39.5 Å². The number of aliphatic imine (C=N–C) groups is 1. The van der Waals surface area contributed by atoms with Crippen LogP contribution in [0.4, 0.5) is 5.69 Å². The van der Waals surface area contributed by atoms with Gasteiger partial charge in [-0.1, -0.05) is 23.4 Å². The van der Waals surface area contributed by atoms with E-state index in [0.29, 0.717) is 40.2 Å². The van der Waals surface area contributed by atoms with Gasteiger partial charge in [0.1, 0.15) is 18.0 Å². The number of hydrogen-bond acceptors (Lipinski definition) is 7. The molecule has 3 heterocycles. The van der Waals surface area contributed by atoms with Crippen molar-refractivity contribution >= 4 is 46.4 Å². The van der Waals surface area contributed by atoms with E-state index in [2.05, 4.69) is 20.0 Å². The van der Waals surface area contributed by atoms with E-state index in [4.69, 9.17) is 9.57 Å². The van der Waals surface area contributed by atoms with Crippen molar-refractivity contribution in [3.8, 4) is 5.88 Å². The third-order valence-electron chi connectivity index (χ3n) is 5.64. The lowest BCUT2D eigenvalue weighted by molar-refractivity contribution is 0.0213. The number of aromatic hydroxyl groups is 1. The van der Waals surface area contributed by atoms with E-state index in [9.17, 15) is 15.0 Å². The van der Waals surface area contributed by atoms with Gasteiger partial charge in [-0.15, -0.1) is 12.4 Å². The van der Waals surface area contributed by atoms with Crippen LogP contribution in [0.25, 0.3) is 10.9 Å². The van der Waals surface area contributed by atoms with Gasteiger partial charge in [-0.3, -0.25) is 4.90 Å². The van der Waals surface area contributed by atoms with E-state index in [1.54, 1.807) is 6.07 Å². The number of benzene rings is 2. The van der Waals surface area contributed by atoms with Crippen molar-refractivity contribution in [3.63, 3.8) is 0 Å². The Morgan fingerprint density at radius 2 is 2.00 bits per heavy atom. The monoisotopic (exact) mass is 470 g/mol. The summed E-state index contributed by atoms with van der Waals surface area (Å²) in [5.74, 6) is -1.15. The van der Waals surface area contributed by atoms with Crippen molar-refractivity contribution < 1.29 is 24.6 Å². The number of para-hydroxylation sites is 1. The molecule has 0 atom stereocenters. The van der Waals surface area contributed by atoms with E-state index in [1.165, 1.54) is 12.1 Å². The van der Waals surface area contributed by atoms with E-state index < -0.39 is 5.97 Å². The second kappa shape index (κ2) is 9.62. The highest BCUT2D eigenvalue weighted by molar-refractivity contribution is 6.58. The van der Waals surface area contributed by atoms with Crippen LogP contribution >= 0.6 is 12.4 Å². The van der Waals surface area contributed by atoms with Gasteiger partial charge in [0.2, 0.25) is 0 Å². The van der Waals surface area contributed by atoms with Crippen molar-refractivity contribution in [1.29, 1.82) is 0 Å². The number of carboxylic acids is 1. The molecule has 33 heavy (non-hydrogen) atoms. The molecule has 0 saturated carbocycles. The predicted octanol–water partition coefficient (Wildman–Crippen LogP) is 3.18. The molecule has 2 aliphatic heterocycles. The Hall–Kier alpha value is -3.40. The van der Waals surface area contributed by atoms with Crippen molar-refractivity contribution in [1.82, 2.24) is 9.88 Å². The molecule has 1 aromatic heterocycles. The standard InChI is InChI=1S/C23H22N4O5.ClH/c28-22-19(16-13-14(23(29)30)5-6-18(16)25-22)21-20(15-3-1-2-4-17(15)24-21)26-32-12-9-27-7-10-31-11-8-27;/h1-6,13,25,28H,7-12H2,(H,29,30);1H/b26-20+;. The zero-order chi connectivity index (χ0) is 22.1. The number of aromatic carboxylic acids is 1. The zero-order valence-electron chi connectivity index (χ0n) is 17.7. The van der Waals surface area contributed by atoms with Gasteiger partial charge >= 0.3 is 5.97 Å². The molecule has 0 amide bonds. The summed E-state index contributed by atoms with van der Waals surface area (Å²) in [6.45, 7) is 4.31. The fourth-order valence-electron chi connectivity index (χ4n) is 3.99. The van der Waals surface area contributed by atoms with Gasteiger partial charge in [0.25, 0.3) is 0 Å².